The van der Waals surface area contributed by atoms with E-state index < -0.39 is 5.60 Å². The fourth-order valence-electron chi connectivity index (χ4n) is 3.46. The van der Waals surface area contributed by atoms with Crippen LogP contribution in [0.15, 0.2) is 30.3 Å². The number of hydrogen-bond acceptors (Lipinski definition) is 3. The highest BCUT2D eigenvalue weighted by molar-refractivity contribution is 5.82. The maximum atomic E-state index is 12.8. The van der Waals surface area contributed by atoms with Crippen LogP contribution in [-0.2, 0) is 15.1 Å². The fourth-order valence-corrected chi connectivity index (χ4v) is 3.46. The molecule has 114 valence electrons. The van der Waals surface area contributed by atoms with E-state index in [4.69, 9.17) is 4.74 Å². The van der Waals surface area contributed by atoms with Gasteiger partial charge in [-0.15, -0.1) is 0 Å². The number of benzene rings is 1. The minimum Gasteiger partial charge on any atom is -0.367 e. The molecule has 3 rings (SSSR count). The Morgan fingerprint density at radius 3 is 2.71 bits per heavy atom. The standard InChI is InChI=1S/C17H24N2O2/c1-17(14-7-4-3-5-8-14)13-19(11-12-21-17)16(20)15-9-6-10-18(15)2/h3-5,7-8,15H,6,9-13H2,1-2H3/t15-,17?/m1/s1. The quantitative estimate of drug-likeness (QED) is 0.832. The Balaban J connectivity index is 1.75. The maximum absolute atomic E-state index is 12.8. The number of likely N-dealkylation sites (N-methyl/N-ethyl adjacent to an activating group) is 1. The van der Waals surface area contributed by atoms with Gasteiger partial charge in [-0.1, -0.05) is 30.3 Å². The Morgan fingerprint density at radius 2 is 2.05 bits per heavy atom. The third-order valence-corrected chi connectivity index (χ3v) is 4.78. The molecule has 0 bridgehead atoms. The van der Waals surface area contributed by atoms with Gasteiger partial charge in [-0.05, 0) is 38.9 Å². The molecule has 21 heavy (non-hydrogen) atoms. The van der Waals surface area contributed by atoms with E-state index in [0.29, 0.717) is 19.7 Å². The van der Waals surface area contributed by atoms with Crippen molar-refractivity contribution in [2.75, 3.05) is 33.3 Å². The fraction of sp³-hybridized carbons (Fsp3) is 0.588. The highest BCUT2D eigenvalue weighted by Gasteiger charge is 2.39. The van der Waals surface area contributed by atoms with E-state index in [1.165, 1.54) is 0 Å². The van der Waals surface area contributed by atoms with E-state index >= 15 is 0 Å². The van der Waals surface area contributed by atoms with E-state index in [0.717, 1.165) is 24.9 Å². The van der Waals surface area contributed by atoms with Crippen LogP contribution in [0.2, 0.25) is 0 Å². The zero-order chi connectivity index (χ0) is 14.9. The summed E-state index contributed by atoms with van der Waals surface area (Å²) < 4.78 is 6.01. The van der Waals surface area contributed by atoms with E-state index in [1.54, 1.807) is 0 Å². The van der Waals surface area contributed by atoms with E-state index in [2.05, 4.69) is 24.0 Å². The summed E-state index contributed by atoms with van der Waals surface area (Å²) in [6, 6.07) is 10.3. The topological polar surface area (TPSA) is 32.8 Å². The normalized spacial score (nSPS) is 30.6. The summed E-state index contributed by atoms with van der Waals surface area (Å²) in [6.07, 6.45) is 2.10. The maximum Gasteiger partial charge on any atom is 0.240 e. The summed E-state index contributed by atoms with van der Waals surface area (Å²) in [4.78, 5) is 16.9. The Morgan fingerprint density at radius 1 is 1.29 bits per heavy atom. The first-order valence-corrected chi connectivity index (χ1v) is 7.79. The molecule has 0 spiro atoms. The van der Waals surface area contributed by atoms with Crippen LogP contribution in [0.25, 0.3) is 0 Å². The highest BCUT2D eigenvalue weighted by atomic mass is 16.5. The molecule has 1 aromatic rings. The lowest BCUT2D eigenvalue weighted by molar-refractivity contribution is -0.153. The van der Waals surface area contributed by atoms with Crippen molar-refractivity contribution in [1.29, 1.82) is 0 Å². The lowest BCUT2D eigenvalue weighted by atomic mass is 9.93. The summed E-state index contributed by atoms with van der Waals surface area (Å²) in [5.74, 6) is 0.264. The smallest absolute Gasteiger partial charge is 0.240 e. The van der Waals surface area contributed by atoms with E-state index in [9.17, 15) is 4.79 Å². The first-order valence-electron chi connectivity index (χ1n) is 7.79. The van der Waals surface area contributed by atoms with Crippen molar-refractivity contribution in [3.05, 3.63) is 35.9 Å². The number of morpholine rings is 1. The van der Waals surface area contributed by atoms with Gasteiger partial charge in [-0.25, -0.2) is 0 Å². The third-order valence-electron chi connectivity index (χ3n) is 4.78. The van der Waals surface area contributed by atoms with Crippen molar-refractivity contribution in [3.8, 4) is 0 Å². The lowest BCUT2D eigenvalue weighted by Gasteiger charge is -2.42. The zero-order valence-corrected chi connectivity index (χ0v) is 12.9. The zero-order valence-electron chi connectivity index (χ0n) is 12.9. The van der Waals surface area contributed by atoms with Crippen molar-refractivity contribution in [2.45, 2.75) is 31.4 Å². The van der Waals surface area contributed by atoms with Gasteiger partial charge in [0.05, 0.1) is 19.2 Å². The molecule has 1 amide bonds. The molecule has 4 heteroatoms. The monoisotopic (exact) mass is 288 g/mol. The van der Waals surface area contributed by atoms with Gasteiger partial charge < -0.3 is 9.64 Å². The van der Waals surface area contributed by atoms with E-state index in [-0.39, 0.29) is 11.9 Å². The van der Waals surface area contributed by atoms with Crippen molar-refractivity contribution in [3.63, 3.8) is 0 Å². The Kier molecular flexibility index (Phi) is 4.00. The van der Waals surface area contributed by atoms with Gasteiger partial charge in [0.1, 0.15) is 5.60 Å². The van der Waals surface area contributed by atoms with Gasteiger partial charge in [0.25, 0.3) is 0 Å². The molecule has 2 saturated heterocycles. The number of hydrogen-bond donors (Lipinski definition) is 0. The summed E-state index contributed by atoms with van der Waals surface area (Å²) >= 11 is 0. The Bertz CT molecular complexity index is 505. The molecule has 0 aromatic heterocycles. The number of carbonyl (C=O) groups excluding carboxylic acids is 1. The van der Waals surface area contributed by atoms with Crippen molar-refractivity contribution in [2.24, 2.45) is 0 Å². The van der Waals surface area contributed by atoms with Crippen molar-refractivity contribution in [1.82, 2.24) is 9.80 Å². The molecule has 2 atom stereocenters. The molecule has 0 saturated carbocycles. The molecule has 0 N–H and O–H groups in total. The second-order valence-electron chi connectivity index (χ2n) is 6.34. The van der Waals surface area contributed by atoms with Crippen LogP contribution in [-0.4, -0.2) is 55.0 Å². The summed E-state index contributed by atoms with van der Waals surface area (Å²) in [7, 11) is 2.05. The molecule has 2 aliphatic heterocycles. The number of carbonyl (C=O) groups is 1. The van der Waals surface area contributed by atoms with Gasteiger partial charge in [0.2, 0.25) is 5.91 Å². The van der Waals surface area contributed by atoms with Gasteiger partial charge in [-0.3, -0.25) is 9.69 Å². The highest BCUT2D eigenvalue weighted by Crippen LogP contribution is 2.30. The lowest BCUT2D eigenvalue weighted by Crippen LogP contribution is -2.54. The average Bonchev–Trinajstić information content (AvgIpc) is 2.93. The Labute approximate surface area is 126 Å². The second kappa shape index (κ2) is 5.78. The molecular formula is C17H24N2O2. The molecule has 0 radical (unpaired) electrons. The van der Waals surface area contributed by atoms with Crippen molar-refractivity contribution >= 4 is 5.91 Å². The number of rotatable bonds is 2. The minimum absolute atomic E-state index is 0.0584. The molecule has 2 fully saturated rings. The Hall–Kier alpha value is -1.39. The molecule has 2 aliphatic rings. The van der Waals surface area contributed by atoms with Crippen LogP contribution in [0.1, 0.15) is 25.3 Å². The molecule has 4 nitrogen and oxygen atoms in total. The SMILES string of the molecule is CN1CCC[C@@H]1C(=O)N1CCOC(C)(c2ccccc2)C1. The number of ether oxygens (including phenoxy) is 1. The van der Waals surface area contributed by atoms with Gasteiger partial charge in [0.15, 0.2) is 0 Å². The van der Waals surface area contributed by atoms with Gasteiger partial charge in [0, 0.05) is 6.54 Å². The van der Waals surface area contributed by atoms with E-state index in [1.807, 2.05) is 30.1 Å². The van der Waals surface area contributed by atoms with Crippen LogP contribution < -0.4 is 0 Å². The second-order valence-corrected chi connectivity index (χ2v) is 6.34. The third kappa shape index (κ3) is 2.83. The number of amides is 1. The van der Waals surface area contributed by atoms with Crippen LogP contribution in [0.4, 0.5) is 0 Å². The summed E-state index contributed by atoms with van der Waals surface area (Å²) in [5, 5.41) is 0. The molecule has 2 heterocycles. The first-order chi connectivity index (χ1) is 10.1. The summed E-state index contributed by atoms with van der Waals surface area (Å²) in [6.45, 7) is 5.05. The van der Waals surface area contributed by atoms with Crippen LogP contribution in [0, 0.1) is 0 Å². The first kappa shape index (κ1) is 14.5. The molecule has 1 aromatic carbocycles. The number of nitrogens with zero attached hydrogens (tertiary/aromatic N) is 2. The minimum atomic E-state index is -0.396. The summed E-state index contributed by atoms with van der Waals surface area (Å²) in [5.41, 5.74) is 0.745. The largest absolute Gasteiger partial charge is 0.367 e. The molecule has 1 unspecified atom stereocenters. The van der Waals surface area contributed by atoms with Crippen LogP contribution in [0.3, 0.4) is 0 Å². The van der Waals surface area contributed by atoms with Gasteiger partial charge in [-0.2, -0.15) is 0 Å². The molecular weight excluding hydrogens is 264 g/mol. The van der Waals surface area contributed by atoms with Crippen LogP contribution in [0.5, 0.6) is 0 Å². The van der Waals surface area contributed by atoms with Gasteiger partial charge >= 0.3 is 0 Å². The van der Waals surface area contributed by atoms with Crippen LogP contribution >= 0.6 is 0 Å². The predicted molar refractivity (Wildman–Crippen MR) is 82.0 cm³/mol. The average molecular weight is 288 g/mol. The van der Waals surface area contributed by atoms with Crippen molar-refractivity contribution < 1.29 is 9.53 Å². The number of likely N-dealkylation sites (tertiary alicyclic amines) is 1. The molecule has 0 aliphatic carbocycles. The predicted octanol–water partition coefficient (Wildman–Crippen LogP) is 1.85.